The molecule has 0 unspecified atom stereocenters. The summed E-state index contributed by atoms with van der Waals surface area (Å²) in [5.74, 6) is -0.0610. The van der Waals surface area contributed by atoms with Crippen molar-refractivity contribution < 1.29 is 4.79 Å². The molecule has 1 N–H and O–H groups in total. The lowest BCUT2D eigenvalue weighted by Gasteiger charge is -2.22. The Morgan fingerprint density at radius 2 is 2.00 bits per heavy atom. The van der Waals surface area contributed by atoms with Gasteiger partial charge in [0.25, 0.3) is 5.56 Å². The van der Waals surface area contributed by atoms with E-state index in [0.29, 0.717) is 24.5 Å². The van der Waals surface area contributed by atoms with Crippen LogP contribution in [0.4, 0.5) is 0 Å². The van der Waals surface area contributed by atoms with Gasteiger partial charge in [-0.1, -0.05) is 42.1 Å². The number of carbonyl (C=O) groups is 1. The second kappa shape index (κ2) is 8.72. The van der Waals surface area contributed by atoms with Crippen LogP contribution in [-0.2, 0) is 24.2 Å². The monoisotopic (exact) mass is 464 g/mol. The smallest absolute Gasteiger partial charge is 0.263 e. The van der Waals surface area contributed by atoms with Crippen LogP contribution >= 0.6 is 23.1 Å². The number of hydrogen-bond donors (Lipinski definition) is 1. The molecule has 1 fully saturated rings. The van der Waals surface area contributed by atoms with Crippen LogP contribution in [-0.4, -0.2) is 26.8 Å². The van der Waals surface area contributed by atoms with Crippen LogP contribution in [0, 0.1) is 11.3 Å². The highest BCUT2D eigenvalue weighted by molar-refractivity contribution is 7.99. The average Bonchev–Trinajstić information content (AvgIpc) is 3.52. The van der Waals surface area contributed by atoms with E-state index >= 15 is 0 Å². The summed E-state index contributed by atoms with van der Waals surface area (Å²) in [6.07, 6.45) is 6.34. The Kier molecular flexibility index (Phi) is 5.78. The number of nitriles is 1. The van der Waals surface area contributed by atoms with E-state index in [-0.39, 0.29) is 17.2 Å². The molecule has 1 amide bonds. The van der Waals surface area contributed by atoms with Crippen molar-refractivity contribution in [3.8, 4) is 6.07 Å². The van der Waals surface area contributed by atoms with Crippen LogP contribution in [0.5, 0.6) is 0 Å². The molecule has 2 aliphatic rings. The highest BCUT2D eigenvalue weighted by atomic mass is 32.2. The first kappa shape index (κ1) is 21.2. The Balaban J connectivity index is 1.46. The number of fused-ring (bicyclic) bond motifs is 3. The number of nitrogens with one attached hydrogen (secondary N) is 1. The van der Waals surface area contributed by atoms with Crippen LogP contribution < -0.4 is 10.9 Å². The first-order chi connectivity index (χ1) is 15.6. The molecule has 0 atom stereocenters. The maximum atomic E-state index is 13.6. The molecule has 2 aromatic heterocycles. The van der Waals surface area contributed by atoms with Crippen molar-refractivity contribution >= 4 is 39.2 Å². The zero-order chi connectivity index (χ0) is 22.1. The lowest BCUT2D eigenvalue weighted by Crippen LogP contribution is -2.45. The molecule has 0 spiro atoms. The van der Waals surface area contributed by atoms with Crippen LogP contribution in [0.3, 0.4) is 0 Å². The largest absolute Gasteiger partial charge is 0.337 e. The molecule has 32 heavy (non-hydrogen) atoms. The van der Waals surface area contributed by atoms with E-state index in [0.717, 1.165) is 53.4 Å². The Labute approximate surface area is 194 Å². The van der Waals surface area contributed by atoms with Gasteiger partial charge in [0.2, 0.25) is 5.91 Å². The van der Waals surface area contributed by atoms with Crippen molar-refractivity contribution in [2.45, 2.75) is 62.2 Å². The molecule has 0 bridgehead atoms. The van der Waals surface area contributed by atoms with Gasteiger partial charge in [0.1, 0.15) is 10.4 Å². The zero-order valence-electron chi connectivity index (χ0n) is 17.7. The van der Waals surface area contributed by atoms with Gasteiger partial charge >= 0.3 is 0 Å². The van der Waals surface area contributed by atoms with Crippen molar-refractivity contribution in [1.82, 2.24) is 14.9 Å². The molecule has 1 saturated carbocycles. The van der Waals surface area contributed by atoms with Gasteiger partial charge < -0.3 is 5.32 Å². The molecule has 0 radical (unpaired) electrons. The van der Waals surface area contributed by atoms with Gasteiger partial charge in [0, 0.05) is 4.88 Å². The summed E-state index contributed by atoms with van der Waals surface area (Å²) in [6, 6.07) is 12.1. The number of benzene rings is 1. The minimum absolute atomic E-state index is 0.0227. The summed E-state index contributed by atoms with van der Waals surface area (Å²) in [5, 5.41) is 13.8. The summed E-state index contributed by atoms with van der Waals surface area (Å²) in [6.45, 7) is 0.416. The summed E-state index contributed by atoms with van der Waals surface area (Å²) in [4.78, 5) is 33.1. The molecule has 8 heteroatoms. The van der Waals surface area contributed by atoms with Gasteiger partial charge in [-0.3, -0.25) is 14.2 Å². The summed E-state index contributed by atoms with van der Waals surface area (Å²) in [7, 11) is 0. The standard InChI is InChI=1S/C24H24N4O2S2/c25-15-24(11-4-5-12-24)27-19(29)14-31-23-26-21-20(17-9-6-10-18(17)32-21)22(30)28(23)13-16-7-2-1-3-8-16/h1-3,7-8H,4-6,9-14H2,(H,27,29). The van der Waals surface area contributed by atoms with Crippen LogP contribution in [0.1, 0.15) is 48.1 Å². The number of amides is 1. The van der Waals surface area contributed by atoms with E-state index in [4.69, 9.17) is 4.98 Å². The van der Waals surface area contributed by atoms with E-state index < -0.39 is 5.54 Å². The molecular formula is C24H24N4O2S2. The lowest BCUT2D eigenvalue weighted by atomic mass is 10.0. The molecule has 1 aromatic carbocycles. The van der Waals surface area contributed by atoms with Crippen molar-refractivity contribution in [2.24, 2.45) is 0 Å². The Morgan fingerprint density at radius 3 is 2.75 bits per heavy atom. The highest BCUT2D eigenvalue weighted by Crippen LogP contribution is 2.36. The minimum atomic E-state index is -0.743. The van der Waals surface area contributed by atoms with E-state index in [2.05, 4.69) is 11.4 Å². The summed E-state index contributed by atoms with van der Waals surface area (Å²) < 4.78 is 1.70. The SMILES string of the molecule is N#CC1(NC(=O)CSc2nc3sc4c(c3c(=O)n2Cc2ccccc2)CCC4)CCCC1. The Bertz CT molecular complexity index is 1270. The number of nitrogens with zero attached hydrogens (tertiary/aromatic N) is 3. The van der Waals surface area contributed by atoms with Gasteiger partial charge in [-0.15, -0.1) is 11.3 Å². The summed E-state index contributed by atoms with van der Waals surface area (Å²) >= 11 is 2.89. The number of hydrogen-bond acceptors (Lipinski definition) is 6. The van der Waals surface area contributed by atoms with Gasteiger partial charge in [-0.05, 0) is 56.1 Å². The van der Waals surface area contributed by atoms with Gasteiger partial charge in [-0.25, -0.2) is 4.98 Å². The van der Waals surface area contributed by atoms with Crippen molar-refractivity contribution in [3.63, 3.8) is 0 Å². The van der Waals surface area contributed by atoms with Gasteiger partial charge in [0.15, 0.2) is 5.16 Å². The third-order valence-corrected chi connectivity index (χ3v) is 8.52. The van der Waals surface area contributed by atoms with Crippen LogP contribution in [0.25, 0.3) is 10.2 Å². The van der Waals surface area contributed by atoms with Crippen molar-refractivity contribution in [3.05, 3.63) is 56.7 Å². The molecule has 2 aliphatic carbocycles. The number of rotatable bonds is 6. The van der Waals surface area contributed by atoms with Crippen LogP contribution in [0.15, 0.2) is 40.3 Å². The zero-order valence-corrected chi connectivity index (χ0v) is 19.4. The molecule has 164 valence electrons. The van der Waals surface area contributed by atoms with Crippen molar-refractivity contribution in [1.29, 1.82) is 5.26 Å². The maximum Gasteiger partial charge on any atom is 0.263 e. The van der Waals surface area contributed by atoms with Gasteiger partial charge in [-0.2, -0.15) is 5.26 Å². The Morgan fingerprint density at radius 1 is 1.22 bits per heavy atom. The van der Waals surface area contributed by atoms with E-state index in [1.165, 1.54) is 16.6 Å². The van der Waals surface area contributed by atoms with E-state index in [1.54, 1.807) is 15.9 Å². The fourth-order valence-electron chi connectivity index (χ4n) is 4.75. The maximum absolute atomic E-state index is 13.6. The third kappa shape index (κ3) is 3.96. The van der Waals surface area contributed by atoms with Gasteiger partial charge in [0.05, 0.1) is 23.8 Å². The molecule has 2 heterocycles. The Hall–Kier alpha value is -2.63. The number of carbonyl (C=O) groups excluding carboxylic acids is 1. The van der Waals surface area contributed by atoms with E-state index in [1.807, 2.05) is 30.3 Å². The molecular weight excluding hydrogens is 440 g/mol. The predicted octanol–water partition coefficient (Wildman–Crippen LogP) is 4.04. The highest BCUT2D eigenvalue weighted by Gasteiger charge is 2.35. The summed E-state index contributed by atoms with van der Waals surface area (Å²) in [5.41, 5.74) is 1.41. The molecule has 0 aliphatic heterocycles. The minimum Gasteiger partial charge on any atom is -0.337 e. The quantitative estimate of drug-likeness (QED) is 0.439. The fraction of sp³-hybridized carbons (Fsp3) is 0.417. The number of thiophene rings is 1. The van der Waals surface area contributed by atoms with Crippen molar-refractivity contribution in [2.75, 3.05) is 5.75 Å². The predicted molar refractivity (Wildman–Crippen MR) is 127 cm³/mol. The molecule has 6 nitrogen and oxygen atoms in total. The number of aromatic nitrogens is 2. The first-order valence-corrected chi connectivity index (χ1v) is 12.8. The normalized spacial score (nSPS) is 16.7. The topological polar surface area (TPSA) is 87.8 Å². The first-order valence-electron chi connectivity index (χ1n) is 11.0. The average molecular weight is 465 g/mol. The third-order valence-electron chi connectivity index (χ3n) is 6.36. The second-order valence-electron chi connectivity index (χ2n) is 8.55. The number of thioether (sulfide) groups is 1. The fourth-order valence-corrected chi connectivity index (χ4v) is 6.85. The number of aryl methyl sites for hydroxylation is 2. The van der Waals surface area contributed by atoms with E-state index in [9.17, 15) is 14.9 Å². The van der Waals surface area contributed by atoms with Crippen LogP contribution in [0.2, 0.25) is 0 Å². The molecule has 5 rings (SSSR count). The lowest BCUT2D eigenvalue weighted by molar-refractivity contribution is -0.119. The molecule has 3 aromatic rings. The second-order valence-corrected chi connectivity index (χ2v) is 10.6. The molecule has 0 saturated heterocycles.